The number of aromatic amines is 1. The van der Waals surface area contributed by atoms with Gasteiger partial charge in [-0.1, -0.05) is 0 Å². The van der Waals surface area contributed by atoms with Gasteiger partial charge in [-0.05, 0) is 0 Å². The molecule has 0 unspecified atom stereocenters. The number of hydrogen-bond donors (Lipinski definition) is 3. The fraction of sp³-hybridized carbons (Fsp3) is 0.143. The first-order valence-corrected chi connectivity index (χ1v) is 3.71. The third-order valence-electron chi connectivity index (χ3n) is 1.35. The molecule has 0 saturated heterocycles. The van der Waals surface area contributed by atoms with Gasteiger partial charge in [0.15, 0.2) is 5.69 Å². The molecule has 1 rings (SSSR count). The lowest BCUT2D eigenvalue weighted by molar-refractivity contribution is -0.117. The summed E-state index contributed by atoms with van der Waals surface area (Å²) in [5.74, 6) is -1.42. The number of nitrogens with one attached hydrogen (secondary N) is 2. The maximum Gasteiger partial charge on any atom is 0.279 e. The lowest BCUT2D eigenvalue weighted by atomic mass is 10.4. The van der Waals surface area contributed by atoms with Crippen molar-refractivity contribution in [2.45, 2.75) is 0 Å². The molecule has 0 spiro atoms. The van der Waals surface area contributed by atoms with E-state index in [1.54, 1.807) is 0 Å². The molecule has 0 aliphatic rings. The number of carbonyl (C=O) groups excluding carboxylic acids is 2. The Morgan fingerprint density at radius 2 is 2.29 bits per heavy atom. The van der Waals surface area contributed by atoms with E-state index in [-0.39, 0.29) is 12.2 Å². The summed E-state index contributed by atoms with van der Waals surface area (Å²) in [6.07, 6.45) is 2.56. The molecular formula is C7H8N4O3. The van der Waals surface area contributed by atoms with Gasteiger partial charge in [-0.15, -0.1) is 0 Å². The third kappa shape index (κ3) is 2.41. The van der Waals surface area contributed by atoms with E-state index in [1.807, 2.05) is 0 Å². The Morgan fingerprint density at radius 1 is 1.57 bits per heavy atom. The molecular weight excluding hydrogens is 188 g/mol. The smallest absolute Gasteiger partial charge is 0.279 e. The van der Waals surface area contributed by atoms with E-state index < -0.39 is 17.4 Å². The van der Waals surface area contributed by atoms with Gasteiger partial charge in [-0.3, -0.25) is 14.4 Å². The van der Waals surface area contributed by atoms with Crippen molar-refractivity contribution < 1.29 is 9.59 Å². The maximum absolute atomic E-state index is 11.2. The van der Waals surface area contributed by atoms with Crippen molar-refractivity contribution in [2.24, 2.45) is 5.73 Å². The highest BCUT2D eigenvalue weighted by atomic mass is 16.2. The lowest BCUT2D eigenvalue weighted by Crippen LogP contribution is -2.36. The quantitative estimate of drug-likeness (QED) is 0.517. The van der Waals surface area contributed by atoms with E-state index in [4.69, 9.17) is 5.73 Å². The molecule has 2 amide bonds. The summed E-state index contributed by atoms with van der Waals surface area (Å²) in [5.41, 5.74) is 3.88. The summed E-state index contributed by atoms with van der Waals surface area (Å²) in [5, 5.41) is 2.14. The first kappa shape index (κ1) is 9.90. The van der Waals surface area contributed by atoms with Crippen molar-refractivity contribution in [3.8, 4) is 0 Å². The van der Waals surface area contributed by atoms with Crippen molar-refractivity contribution in [3.05, 3.63) is 28.4 Å². The van der Waals surface area contributed by atoms with Crippen LogP contribution in [0.15, 0.2) is 17.2 Å². The number of aromatic nitrogens is 2. The number of amides is 2. The number of primary amides is 1. The Kier molecular flexibility index (Phi) is 2.95. The molecule has 1 aromatic heterocycles. The van der Waals surface area contributed by atoms with E-state index in [0.29, 0.717) is 0 Å². The van der Waals surface area contributed by atoms with Gasteiger partial charge in [0.2, 0.25) is 5.91 Å². The van der Waals surface area contributed by atoms with Crippen LogP contribution in [-0.2, 0) is 4.79 Å². The topological polar surface area (TPSA) is 118 Å². The zero-order valence-electron chi connectivity index (χ0n) is 7.11. The molecule has 0 atom stereocenters. The summed E-state index contributed by atoms with van der Waals surface area (Å²) in [7, 11) is 0. The second kappa shape index (κ2) is 4.17. The predicted molar refractivity (Wildman–Crippen MR) is 46.4 cm³/mol. The molecule has 1 heterocycles. The first-order chi connectivity index (χ1) is 6.61. The van der Waals surface area contributed by atoms with Crippen molar-refractivity contribution in [3.63, 3.8) is 0 Å². The van der Waals surface area contributed by atoms with Crippen LogP contribution in [0.2, 0.25) is 0 Å². The average molecular weight is 196 g/mol. The van der Waals surface area contributed by atoms with Gasteiger partial charge in [0.05, 0.1) is 6.54 Å². The molecule has 0 saturated carbocycles. The normalized spacial score (nSPS) is 9.43. The molecule has 0 aliphatic heterocycles. The molecule has 7 nitrogen and oxygen atoms in total. The summed E-state index contributed by atoms with van der Waals surface area (Å²) in [4.78, 5) is 38.3. The summed E-state index contributed by atoms with van der Waals surface area (Å²) >= 11 is 0. The van der Waals surface area contributed by atoms with E-state index in [0.717, 1.165) is 0 Å². The molecule has 74 valence electrons. The zero-order chi connectivity index (χ0) is 10.6. The molecule has 7 heteroatoms. The maximum atomic E-state index is 11.2. The fourth-order valence-electron chi connectivity index (χ4n) is 0.765. The fourth-order valence-corrected chi connectivity index (χ4v) is 0.765. The molecule has 4 N–H and O–H groups in total. The predicted octanol–water partition coefficient (Wildman–Crippen LogP) is -2.01. The molecule has 0 bridgehead atoms. The van der Waals surface area contributed by atoms with Crippen LogP contribution in [0.1, 0.15) is 10.5 Å². The van der Waals surface area contributed by atoms with Gasteiger partial charge in [-0.25, -0.2) is 4.98 Å². The molecule has 1 aromatic rings. The van der Waals surface area contributed by atoms with Crippen LogP contribution < -0.4 is 16.6 Å². The minimum atomic E-state index is -0.731. The van der Waals surface area contributed by atoms with Crippen LogP contribution in [0.3, 0.4) is 0 Å². The number of carbonyl (C=O) groups is 2. The van der Waals surface area contributed by atoms with Crippen molar-refractivity contribution >= 4 is 11.8 Å². The molecule has 0 aliphatic carbocycles. The van der Waals surface area contributed by atoms with Gasteiger partial charge in [0.1, 0.15) is 0 Å². The van der Waals surface area contributed by atoms with E-state index in [1.165, 1.54) is 12.4 Å². The van der Waals surface area contributed by atoms with Crippen LogP contribution in [0.5, 0.6) is 0 Å². The highest BCUT2D eigenvalue weighted by molar-refractivity contribution is 5.94. The van der Waals surface area contributed by atoms with Gasteiger partial charge in [-0.2, -0.15) is 0 Å². The van der Waals surface area contributed by atoms with E-state index in [9.17, 15) is 14.4 Å². The molecule has 14 heavy (non-hydrogen) atoms. The highest BCUT2D eigenvalue weighted by Gasteiger charge is 2.11. The Labute approximate surface area is 78.3 Å². The summed E-state index contributed by atoms with van der Waals surface area (Å²) < 4.78 is 0. The Balaban J connectivity index is 2.75. The van der Waals surface area contributed by atoms with E-state index in [2.05, 4.69) is 15.3 Å². The number of nitrogens with two attached hydrogens (primary N) is 1. The first-order valence-electron chi connectivity index (χ1n) is 3.71. The van der Waals surface area contributed by atoms with Crippen molar-refractivity contribution in [1.29, 1.82) is 0 Å². The summed E-state index contributed by atoms with van der Waals surface area (Å²) in [6.45, 7) is -0.325. The van der Waals surface area contributed by atoms with Gasteiger partial charge < -0.3 is 16.0 Å². The number of rotatable bonds is 3. The minimum Gasteiger partial charge on any atom is -0.368 e. The van der Waals surface area contributed by atoms with E-state index >= 15 is 0 Å². The second-order valence-corrected chi connectivity index (χ2v) is 2.42. The van der Waals surface area contributed by atoms with Crippen LogP contribution >= 0.6 is 0 Å². The highest BCUT2D eigenvalue weighted by Crippen LogP contribution is 1.81. The number of hydrogen-bond acceptors (Lipinski definition) is 4. The van der Waals surface area contributed by atoms with Crippen LogP contribution in [0.25, 0.3) is 0 Å². The minimum absolute atomic E-state index is 0.297. The molecule has 0 radical (unpaired) electrons. The van der Waals surface area contributed by atoms with Gasteiger partial charge in [0.25, 0.3) is 11.5 Å². The molecule has 0 fully saturated rings. The zero-order valence-corrected chi connectivity index (χ0v) is 7.11. The van der Waals surface area contributed by atoms with Crippen LogP contribution in [0.4, 0.5) is 0 Å². The summed E-state index contributed by atoms with van der Waals surface area (Å²) in [6, 6.07) is 0. The molecule has 0 aromatic carbocycles. The van der Waals surface area contributed by atoms with Crippen LogP contribution in [0, 0.1) is 0 Å². The third-order valence-corrected chi connectivity index (χ3v) is 1.35. The number of H-pyrrole nitrogens is 1. The Hall–Kier alpha value is -2.18. The standard InChI is InChI=1S/C7H8N4O3/c8-4(12)3-11-7(14)5-6(13)10-2-1-9-5/h1-2H,3H2,(H2,8,12)(H,10,13)(H,11,14). The number of nitrogens with zero attached hydrogens (tertiary/aromatic N) is 1. The average Bonchev–Trinajstić information content (AvgIpc) is 2.15. The van der Waals surface area contributed by atoms with Crippen LogP contribution in [-0.4, -0.2) is 28.3 Å². The van der Waals surface area contributed by atoms with Crippen molar-refractivity contribution in [1.82, 2.24) is 15.3 Å². The Morgan fingerprint density at radius 3 is 2.86 bits per heavy atom. The monoisotopic (exact) mass is 196 g/mol. The largest absolute Gasteiger partial charge is 0.368 e. The lowest BCUT2D eigenvalue weighted by Gasteiger charge is -1.99. The SMILES string of the molecule is NC(=O)CNC(=O)c1ncc[nH]c1=O. The van der Waals surface area contributed by atoms with Gasteiger partial charge in [0, 0.05) is 12.4 Å². The van der Waals surface area contributed by atoms with Crippen molar-refractivity contribution in [2.75, 3.05) is 6.54 Å². The van der Waals surface area contributed by atoms with Gasteiger partial charge >= 0.3 is 0 Å². The Bertz CT molecular complexity index is 411. The second-order valence-electron chi connectivity index (χ2n) is 2.42.